The van der Waals surface area contributed by atoms with Crippen molar-refractivity contribution in [2.75, 3.05) is 0 Å². The fourth-order valence-electron chi connectivity index (χ4n) is 2.58. The molecule has 2 aliphatic carbocycles. The van der Waals surface area contributed by atoms with Crippen LogP contribution in [0.25, 0.3) is 0 Å². The van der Waals surface area contributed by atoms with Gasteiger partial charge in [-0.2, -0.15) is 0 Å². The summed E-state index contributed by atoms with van der Waals surface area (Å²) < 4.78 is 5.77. The molecule has 0 aromatic heterocycles. The lowest BCUT2D eigenvalue weighted by atomic mass is 10.0. The number of carbonyl (C=O) groups excluding carboxylic acids is 1. The Labute approximate surface area is 107 Å². The van der Waals surface area contributed by atoms with Gasteiger partial charge in [0.05, 0.1) is 6.61 Å². The number of ketones is 1. The average molecular weight is 240 g/mol. The molecule has 0 saturated carbocycles. The fraction of sp³-hybridized carbons (Fsp3) is 0.312. The van der Waals surface area contributed by atoms with Gasteiger partial charge in [-0.05, 0) is 18.4 Å². The van der Waals surface area contributed by atoms with Gasteiger partial charge >= 0.3 is 0 Å². The van der Waals surface area contributed by atoms with E-state index in [9.17, 15) is 4.79 Å². The van der Waals surface area contributed by atoms with Crippen LogP contribution < -0.4 is 0 Å². The molecule has 0 saturated heterocycles. The fourth-order valence-corrected chi connectivity index (χ4v) is 2.58. The molecule has 2 nitrogen and oxygen atoms in total. The second-order valence-electron chi connectivity index (χ2n) is 4.81. The lowest BCUT2D eigenvalue weighted by molar-refractivity contribution is -0.125. The van der Waals surface area contributed by atoms with Crippen LogP contribution in [0.1, 0.15) is 24.8 Å². The first-order valence-electron chi connectivity index (χ1n) is 6.43. The van der Waals surface area contributed by atoms with E-state index in [2.05, 4.69) is 6.08 Å². The van der Waals surface area contributed by atoms with Crippen molar-refractivity contribution in [3.8, 4) is 0 Å². The van der Waals surface area contributed by atoms with Gasteiger partial charge in [0, 0.05) is 12.0 Å². The lowest BCUT2D eigenvalue weighted by Crippen LogP contribution is -2.19. The van der Waals surface area contributed by atoms with Crippen LogP contribution >= 0.6 is 0 Å². The van der Waals surface area contributed by atoms with Crippen LogP contribution in [0, 0.1) is 0 Å². The molecule has 0 heterocycles. The molecule has 0 radical (unpaired) electrons. The summed E-state index contributed by atoms with van der Waals surface area (Å²) in [6.45, 7) is 0.515. The summed E-state index contributed by atoms with van der Waals surface area (Å²) in [6, 6.07) is 10.00. The van der Waals surface area contributed by atoms with Gasteiger partial charge in [-0.3, -0.25) is 4.79 Å². The third kappa shape index (κ3) is 2.16. The Bertz CT molecular complexity index is 511. The maximum atomic E-state index is 12.1. The van der Waals surface area contributed by atoms with E-state index in [1.165, 1.54) is 5.57 Å². The Kier molecular flexibility index (Phi) is 3.11. The zero-order valence-corrected chi connectivity index (χ0v) is 10.3. The van der Waals surface area contributed by atoms with Crippen molar-refractivity contribution in [1.29, 1.82) is 0 Å². The van der Waals surface area contributed by atoms with Gasteiger partial charge in [0.1, 0.15) is 6.10 Å². The third-order valence-corrected chi connectivity index (χ3v) is 3.56. The summed E-state index contributed by atoms with van der Waals surface area (Å²) in [5.74, 6) is 0.164. The van der Waals surface area contributed by atoms with Gasteiger partial charge in [0.2, 0.25) is 0 Å². The highest BCUT2D eigenvalue weighted by Crippen LogP contribution is 2.33. The Balaban J connectivity index is 1.63. The van der Waals surface area contributed by atoms with Crippen molar-refractivity contribution < 1.29 is 9.53 Å². The van der Waals surface area contributed by atoms with Gasteiger partial charge in [0.15, 0.2) is 5.78 Å². The van der Waals surface area contributed by atoms with Crippen molar-refractivity contribution in [2.24, 2.45) is 0 Å². The summed E-state index contributed by atoms with van der Waals surface area (Å²) >= 11 is 0. The normalized spacial score (nSPS) is 22.4. The highest BCUT2D eigenvalue weighted by Gasteiger charge is 2.32. The monoisotopic (exact) mass is 240 g/mol. The van der Waals surface area contributed by atoms with Gasteiger partial charge in [-0.1, -0.05) is 48.1 Å². The Hall–Kier alpha value is -1.67. The number of allylic oxidation sites excluding steroid dienone is 2. The minimum absolute atomic E-state index is 0.164. The number of benzene rings is 1. The summed E-state index contributed by atoms with van der Waals surface area (Å²) in [7, 11) is 0. The van der Waals surface area contributed by atoms with E-state index in [0.717, 1.165) is 30.4 Å². The molecule has 92 valence electrons. The van der Waals surface area contributed by atoms with Gasteiger partial charge in [-0.25, -0.2) is 0 Å². The largest absolute Gasteiger partial charge is 0.365 e. The molecule has 1 unspecified atom stereocenters. The van der Waals surface area contributed by atoms with E-state index in [1.807, 2.05) is 36.4 Å². The van der Waals surface area contributed by atoms with E-state index in [0.29, 0.717) is 6.61 Å². The van der Waals surface area contributed by atoms with Crippen molar-refractivity contribution in [3.05, 3.63) is 59.2 Å². The van der Waals surface area contributed by atoms with Crippen molar-refractivity contribution >= 4 is 5.78 Å². The lowest BCUT2D eigenvalue weighted by Gasteiger charge is -2.10. The summed E-state index contributed by atoms with van der Waals surface area (Å²) in [5.41, 5.74) is 3.30. The molecule has 1 aromatic rings. The number of hydrogen-bond acceptors (Lipinski definition) is 2. The average Bonchev–Trinajstić information content (AvgIpc) is 2.75. The van der Waals surface area contributed by atoms with E-state index in [4.69, 9.17) is 4.74 Å². The molecule has 1 aromatic carbocycles. The summed E-state index contributed by atoms with van der Waals surface area (Å²) in [4.78, 5) is 12.1. The number of carbonyl (C=O) groups is 1. The maximum Gasteiger partial charge on any atom is 0.191 e. The minimum Gasteiger partial charge on any atom is -0.365 e. The van der Waals surface area contributed by atoms with Crippen LogP contribution in [0.4, 0.5) is 0 Å². The number of rotatable bonds is 3. The highest BCUT2D eigenvalue weighted by atomic mass is 16.5. The van der Waals surface area contributed by atoms with E-state index in [-0.39, 0.29) is 11.9 Å². The first kappa shape index (κ1) is 11.4. The van der Waals surface area contributed by atoms with Crippen LogP contribution in [0.15, 0.2) is 53.6 Å². The molecule has 3 rings (SSSR count). The van der Waals surface area contributed by atoms with E-state index >= 15 is 0 Å². The van der Waals surface area contributed by atoms with Crippen LogP contribution in [-0.4, -0.2) is 11.9 Å². The zero-order valence-electron chi connectivity index (χ0n) is 10.3. The molecule has 0 amide bonds. The molecule has 0 N–H and O–H groups in total. The van der Waals surface area contributed by atoms with E-state index in [1.54, 1.807) is 0 Å². The second kappa shape index (κ2) is 4.91. The molecule has 18 heavy (non-hydrogen) atoms. The van der Waals surface area contributed by atoms with Crippen molar-refractivity contribution in [3.63, 3.8) is 0 Å². The smallest absolute Gasteiger partial charge is 0.191 e. The molecule has 0 aliphatic heterocycles. The Morgan fingerprint density at radius 3 is 2.83 bits per heavy atom. The molecular formula is C16H16O2. The second-order valence-corrected chi connectivity index (χ2v) is 4.81. The molecule has 0 fully saturated rings. The third-order valence-electron chi connectivity index (χ3n) is 3.56. The van der Waals surface area contributed by atoms with Crippen molar-refractivity contribution in [1.82, 2.24) is 0 Å². The molecule has 0 bridgehead atoms. The first-order valence-corrected chi connectivity index (χ1v) is 6.43. The van der Waals surface area contributed by atoms with E-state index < -0.39 is 0 Å². The number of Topliss-reactive ketones (excluding diaryl/α,β-unsaturated/α-hetero) is 1. The van der Waals surface area contributed by atoms with Crippen LogP contribution in [-0.2, 0) is 16.1 Å². The standard InChI is InChI=1S/C16H16O2/c17-16-14-9-5-4-8-13(14)10-15(16)18-11-12-6-2-1-3-7-12/h1-3,5-7,9,15H,4,8,10-11H2. The summed E-state index contributed by atoms with van der Waals surface area (Å²) in [6.07, 6.45) is 6.63. The predicted octanol–water partition coefficient (Wildman–Crippen LogP) is 3.19. The quantitative estimate of drug-likeness (QED) is 0.811. The summed E-state index contributed by atoms with van der Waals surface area (Å²) in [5, 5.41) is 0. The van der Waals surface area contributed by atoms with Gasteiger partial charge in [-0.15, -0.1) is 0 Å². The molecular weight excluding hydrogens is 224 g/mol. The van der Waals surface area contributed by atoms with Crippen LogP contribution in [0.2, 0.25) is 0 Å². The van der Waals surface area contributed by atoms with Gasteiger partial charge in [0.25, 0.3) is 0 Å². The molecule has 1 atom stereocenters. The minimum atomic E-state index is -0.266. The Morgan fingerprint density at radius 2 is 2.06 bits per heavy atom. The first-order chi connectivity index (χ1) is 8.84. The predicted molar refractivity (Wildman–Crippen MR) is 70.0 cm³/mol. The molecule has 2 heteroatoms. The molecule has 2 aliphatic rings. The van der Waals surface area contributed by atoms with Crippen molar-refractivity contribution in [2.45, 2.75) is 32.0 Å². The number of ether oxygens (including phenoxy) is 1. The van der Waals surface area contributed by atoms with Crippen LogP contribution in [0.3, 0.4) is 0 Å². The molecule has 0 spiro atoms. The van der Waals surface area contributed by atoms with Gasteiger partial charge < -0.3 is 4.74 Å². The zero-order chi connectivity index (χ0) is 12.4. The topological polar surface area (TPSA) is 26.3 Å². The SMILES string of the molecule is O=C1C2=C(CCC=C2)CC1OCc1ccccc1. The highest BCUT2D eigenvalue weighted by molar-refractivity contribution is 6.04. The Morgan fingerprint density at radius 1 is 1.22 bits per heavy atom. The number of hydrogen-bond donors (Lipinski definition) is 0. The van der Waals surface area contributed by atoms with Crippen LogP contribution in [0.5, 0.6) is 0 Å². The maximum absolute atomic E-state index is 12.1.